The molecular weight excluding hydrogens is 500 g/mol. The van der Waals surface area contributed by atoms with Crippen LogP contribution in [-0.4, -0.2) is 30.2 Å². The van der Waals surface area contributed by atoms with Gasteiger partial charge in [0.15, 0.2) is 0 Å². The molecule has 0 aliphatic heterocycles. The molecule has 0 aliphatic rings. The first kappa shape index (κ1) is 25.3. The smallest absolute Gasteiger partial charge is 0.295 e. The lowest BCUT2D eigenvalue weighted by Gasteiger charge is -2.25. The molecule has 186 valence electrons. The van der Waals surface area contributed by atoms with E-state index in [9.17, 15) is 18.0 Å². The Kier molecular flexibility index (Phi) is 7.05. The van der Waals surface area contributed by atoms with Crippen LogP contribution in [0.25, 0.3) is 5.69 Å². The fourth-order valence-corrected chi connectivity index (χ4v) is 5.54. The Morgan fingerprint density at radius 3 is 2.19 bits per heavy atom. The van der Waals surface area contributed by atoms with Crippen molar-refractivity contribution < 1.29 is 13.2 Å². The highest BCUT2D eigenvalue weighted by Crippen LogP contribution is 2.30. The van der Waals surface area contributed by atoms with Crippen molar-refractivity contribution in [3.63, 3.8) is 0 Å². The van der Waals surface area contributed by atoms with Gasteiger partial charge in [-0.15, -0.1) is 0 Å². The number of para-hydroxylation sites is 2. The monoisotopic (exact) mass is 524 g/mol. The van der Waals surface area contributed by atoms with Gasteiger partial charge in [-0.05, 0) is 50.2 Å². The number of rotatable bonds is 7. The lowest BCUT2D eigenvalue weighted by atomic mass is 10.2. The minimum Gasteiger partial charge on any atom is -0.318 e. The van der Waals surface area contributed by atoms with Gasteiger partial charge in [0.2, 0.25) is 5.91 Å². The maximum atomic E-state index is 13.6. The molecule has 1 N–H and O–H groups in total. The SMILES string of the molecule is Cc1ccc(S(=O)(=O)N(CC(=O)Nc2c(C)n(C)n(-c3ccccc3)c2=O)c2ccccc2Cl)cc1. The van der Waals surface area contributed by atoms with Gasteiger partial charge in [0, 0.05) is 7.05 Å². The second kappa shape index (κ2) is 10.0. The highest BCUT2D eigenvalue weighted by molar-refractivity contribution is 7.92. The number of aryl methyl sites for hydroxylation is 1. The molecule has 0 aliphatic carbocycles. The molecule has 1 aromatic heterocycles. The number of anilines is 2. The summed E-state index contributed by atoms with van der Waals surface area (Å²) in [5, 5.41) is 2.79. The summed E-state index contributed by atoms with van der Waals surface area (Å²) in [6.07, 6.45) is 0. The largest absolute Gasteiger partial charge is 0.318 e. The van der Waals surface area contributed by atoms with Crippen LogP contribution in [0.1, 0.15) is 11.3 Å². The molecule has 4 aromatic rings. The highest BCUT2D eigenvalue weighted by Gasteiger charge is 2.29. The Morgan fingerprint density at radius 2 is 1.56 bits per heavy atom. The average molecular weight is 525 g/mol. The van der Waals surface area contributed by atoms with E-state index in [1.807, 2.05) is 13.0 Å². The lowest BCUT2D eigenvalue weighted by molar-refractivity contribution is -0.114. The number of nitrogens with zero attached hydrogens (tertiary/aromatic N) is 3. The number of benzene rings is 3. The van der Waals surface area contributed by atoms with Gasteiger partial charge in [0.25, 0.3) is 15.6 Å². The summed E-state index contributed by atoms with van der Waals surface area (Å²) in [7, 11) is -2.44. The first-order valence-corrected chi connectivity index (χ1v) is 12.9. The molecule has 0 radical (unpaired) electrons. The molecule has 0 fully saturated rings. The molecule has 0 unspecified atom stereocenters. The maximum Gasteiger partial charge on any atom is 0.295 e. The number of hydrogen-bond acceptors (Lipinski definition) is 4. The van der Waals surface area contributed by atoms with Crippen LogP contribution < -0.4 is 15.2 Å². The van der Waals surface area contributed by atoms with Crippen molar-refractivity contribution in [1.82, 2.24) is 9.36 Å². The van der Waals surface area contributed by atoms with Crippen molar-refractivity contribution in [2.45, 2.75) is 18.7 Å². The van der Waals surface area contributed by atoms with Crippen molar-refractivity contribution in [3.8, 4) is 5.69 Å². The van der Waals surface area contributed by atoms with Gasteiger partial charge in [0.1, 0.15) is 12.2 Å². The van der Waals surface area contributed by atoms with Crippen LogP contribution in [0.2, 0.25) is 5.02 Å². The van der Waals surface area contributed by atoms with Gasteiger partial charge in [-0.2, -0.15) is 0 Å². The summed E-state index contributed by atoms with van der Waals surface area (Å²) in [5.74, 6) is -0.684. The summed E-state index contributed by atoms with van der Waals surface area (Å²) in [6, 6.07) is 21.7. The zero-order valence-electron chi connectivity index (χ0n) is 20.0. The zero-order valence-corrected chi connectivity index (χ0v) is 21.5. The summed E-state index contributed by atoms with van der Waals surface area (Å²) < 4.78 is 31.2. The number of carbonyl (C=O) groups excluding carboxylic acids is 1. The molecule has 0 spiro atoms. The van der Waals surface area contributed by atoms with E-state index >= 15 is 0 Å². The summed E-state index contributed by atoms with van der Waals surface area (Å²) in [6.45, 7) is 2.96. The Balaban J connectivity index is 1.71. The number of amides is 1. The van der Waals surface area contributed by atoms with E-state index in [4.69, 9.17) is 11.6 Å². The molecule has 4 rings (SSSR count). The first-order valence-electron chi connectivity index (χ1n) is 11.1. The van der Waals surface area contributed by atoms with Crippen molar-refractivity contribution in [2.24, 2.45) is 7.05 Å². The predicted octanol–water partition coefficient (Wildman–Crippen LogP) is 4.28. The molecule has 8 nitrogen and oxygen atoms in total. The molecule has 1 amide bonds. The van der Waals surface area contributed by atoms with Crippen molar-refractivity contribution in [2.75, 3.05) is 16.2 Å². The van der Waals surface area contributed by atoms with E-state index < -0.39 is 28.0 Å². The van der Waals surface area contributed by atoms with E-state index in [-0.39, 0.29) is 21.3 Å². The fourth-order valence-electron chi connectivity index (χ4n) is 3.81. The van der Waals surface area contributed by atoms with Gasteiger partial charge in [-0.3, -0.25) is 18.6 Å². The van der Waals surface area contributed by atoms with E-state index in [0.717, 1.165) is 9.87 Å². The van der Waals surface area contributed by atoms with Crippen LogP contribution in [0.3, 0.4) is 0 Å². The molecule has 10 heteroatoms. The van der Waals surface area contributed by atoms with Gasteiger partial charge >= 0.3 is 0 Å². The number of halogens is 1. The maximum absolute atomic E-state index is 13.6. The normalized spacial score (nSPS) is 11.3. The summed E-state index contributed by atoms with van der Waals surface area (Å²) in [4.78, 5) is 26.4. The van der Waals surface area contributed by atoms with E-state index in [1.165, 1.54) is 22.9 Å². The van der Waals surface area contributed by atoms with Crippen LogP contribution in [0.4, 0.5) is 11.4 Å². The van der Waals surface area contributed by atoms with Crippen molar-refractivity contribution >= 4 is 38.9 Å². The molecular formula is C26H25ClN4O4S. The van der Waals surface area contributed by atoms with Crippen LogP contribution in [0, 0.1) is 13.8 Å². The van der Waals surface area contributed by atoms with Gasteiger partial charge in [-0.1, -0.05) is 59.6 Å². The van der Waals surface area contributed by atoms with Gasteiger partial charge < -0.3 is 5.32 Å². The Morgan fingerprint density at radius 1 is 0.944 bits per heavy atom. The topological polar surface area (TPSA) is 93.4 Å². The Labute approximate surface area is 214 Å². The number of nitrogens with one attached hydrogen (secondary N) is 1. The number of carbonyl (C=O) groups is 1. The minimum absolute atomic E-state index is 0.0168. The molecule has 0 bridgehead atoms. The fraction of sp³-hybridized carbons (Fsp3) is 0.154. The van der Waals surface area contributed by atoms with Crippen LogP contribution in [0.5, 0.6) is 0 Å². The summed E-state index contributed by atoms with van der Waals surface area (Å²) >= 11 is 6.33. The first-order chi connectivity index (χ1) is 17.1. The van der Waals surface area contributed by atoms with Crippen LogP contribution in [-0.2, 0) is 21.9 Å². The molecule has 1 heterocycles. The van der Waals surface area contributed by atoms with Crippen LogP contribution >= 0.6 is 11.6 Å². The second-order valence-electron chi connectivity index (χ2n) is 8.26. The zero-order chi connectivity index (χ0) is 26.0. The van der Waals surface area contributed by atoms with Crippen molar-refractivity contribution in [1.29, 1.82) is 0 Å². The van der Waals surface area contributed by atoms with E-state index in [0.29, 0.717) is 11.4 Å². The Bertz CT molecular complexity index is 1580. The predicted molar refractivity (Wildman–Crippen MR) is 142 cm³/mol. The van der Waals surface area contributed by atoms with Crippen molar-refractivity contribution in [3.05, 3.63) is 105 Å². The number of hydrogen-bond donors (Lipinski definition) is 1. The third-order valence-corrected chi connectivity index (χ3v) is 7.93. The van der Waals surface area contributed by atoms with Crippen LogP contribution in [0.15, 0.2) is 88.6 Å². The third kappa shape index (κ3) is 4.80. The Hall–Kier alpha value is -3.82. The summed E-state index contributed by atoms with van der Waals surface area (Å²) in [5.41, 5.74) is 1.83. The molecule has 36 heavy (non-hydrogen) atoms. The third-order valence-electron chi connectivity index (χ3n) is 5.84. The van der Waals surface area contributed by atoms with E-state index in [1.54, 1.807) is 73.3 Å². The lowest BCUT2D eigenvalue weighted by Crippen LogP contribution is -2.39. The average Bonchev–Trinajstić information content (AvgIpc) is 3.06. The van der Waals surface area contributed by atoms with E-state index in [2.05, 4.69) is 5.32 Å². The molecule has 0 saturated heterocycles. The number of sulfonamides is 1. The molecule has 0 saturated carbocycles. The quantitative estimate of drug-likeness (QED) is 0.390. The molecule has 3 aromatic carbocycles. The molecule has 0 atom stereocenters. The standard InChI is InChI=1S/C26H25ClN4O4S/c1-18-13-15-21(16-14-18)36(34,35)30(23-12-8-7-11-22(23)27)17-24(32)28-25-19(2)29(3)31(26(25)33)20-9-5-4-6-10-20/h4-16H,17H2,1-3H3,(H,28,32). The minimum atomic E-state index is -4.15. The van der Waals surface area contributed by atoms with Gasteiger partial charge in [-0.25, -0.2) is 13.1 Å². The second-order valence-corrected chi connectivity index (χ2v) is 10.5. The van der Waals surface area contributed by atoms with Gasteiger partial charge in [0.05, 0.1) is 27.0 Å². The highest BCUT2D eigenvalue weighted by atomic mass is 35.5. The number of aromatic nitrogens is 2.